The first-order valence-electron chi connectivity index (χ1n) is 8.43. The van der Waals surface area contributed by atoms with Gasteiger partial charge in [-0.2, -0.15) is 0 Å². The highest BCUT2D eigenvalue weighted by molar-refractivity contribution is 5.97. The van der Waals surface area contributed by atoms with Crippen molar-refractivity contribution < 1.29 is 14.7 Å². The molecule has 0 aromatic heterocycles. The van der Waals surface area contributed by atoms with Crippen LogP contribution >= 0.6 is 0 Å². The Morgan fingerprint density at radius 2 is 2.08 bits per heavy atom. The number of likely N-dealkylation sites (tertiary alicyclic amines) is 1. The predicted molar refractivity (Wildman–Crippen MR) is 97.6 cm³/mol. The Balaban J connectivity index is 2.24. The largest absolute Gasteiger partial charge is 0.444 e. The standard InChI is InChI=1S/C19H27N3O3/c1-5-6-13-11-16(22(12-13)18(23)25-19(2,3)4)14-7-9-15(10-8-14)17(20)21-24/h5,7-10,13,16,24H,1,6,11-12H2,2-4H3,(H2,20,21)/t13-,16+/m0/s1. The topological polar surface area (TPSA) is 88.2 Å². The van der Waals surface area contributed by atoms with E-state index in [-0.39, 0.29) is 18.0 Å². The van der Waals surface area contributed by atoms with E-state index in [2.05, 4.69) is 11.7 Å². The lowest BCUT2D eigenvalue weighted by molar-refractivity contribution is 0.0219. The molecule has 1 saturated heterocycles. The van der Waals surface area contributed by atoms with Crippen molar-refractivity contribution >= 4 is 11.9 Å². The molecule has 136 valence electrons. The molecule has 6 heteroatoms. The van der Waals surface area contributed by atoms with Crippen LogP contribution in [0.3, 0.4) is 0 Å². The molecule has 3 N–H and O–H groups in total. The molecule has 1 fully saturated rings. The van der Waals surface area contributed by atoms with Gasteiger partial charge in [0.15, 0.2) is 5.84 Å². The summed E-state index contributed by atoms with van der Waals surface area (Å²) in [4.78, 5) is 14.4. The average molecular weight is 345 g/mol. The van der Waals surface area contributed by atoms with Crippen molar-refractivity contribution in [3.63, 3.8) is 0 Å². The van der Waals surface area contributed by atoms with Crippen molar-refractivity contribution in [2.75, 3.05) is 6.54 Å². The van der Waals surface area contributed by atoms with Crippen LogP contribution in [0.15, 0.2) is 42.1 Å². The molecule has 6 nitrogen and oxygen atoms in total. The van der Waals surface area contributed by atoms with Crippen LogP contribution in [0.1, 0.15) is 50.8 Å². The summed E-state index contributed by atoms with van der Waals surface area (Å²) in [5, 5.41) is 11.8. The maximum absolute atomic E-state index is 12.6. The molecule has 1 aromatic rings. The van der Waals surface area contributed by atoms with Gasteiger partial charge in [0.2, 0.25) is 0 Å². The first kappa shape index (κ1) is 18.8. The van der Waals surface area contributed by atoms with Crippen molar-refractivity contribution in [1.82, 2.24) is 4.90 Å². The molecule has 0 aliphatic carbocycles. The maximum Gasteiger partial charge on any atom is 0.410 e. The van der Waals surface area contributed by atoms with Crippen molar-refractivity contribution in [2.24, 2.45) is 16.8 Å². The van der Waals surface area contributed by atoms with E-state index in [1.165, 1.54) is 0 Å². The van der Waals surface area contributed by atoms with Crippen molar-refractivity contribution in [1.29, 1.82) is 0 Å². The van der Waals surface area contributed by atoms with Crippen molar-refractivity contribution in [3.05, 3.63) is 48.0 Å². The summed E-state index contributed by atoms with van der Waals surface area (Å²) in [6, 6.07) is 7.34. The molecular formula is C19H27N3O3. The van der Waals surface area contributed by atoms with Gasteiger partial charge in [-0.15, -0.1) is 6.58 Å². The van der Waals surface area contributed by atoms with E-state index >= 15 is 0 Å². The smallest absolute Gasteiger partial charge is 0.410 e. The molecule has 25 heavy (non-hydrogen) atoms. The number of nitrogens with zero attached hydrogens (tertiary/aromatic N) is 2. The highest BCUT2D eigenvalue weighted by Gasteiger charge is 2.37. The zero-order valence-corrected chi connectivity index (χ0v) is 15.1. The number of carbonyl (C=O) groups is 1. The Labute approximate surface area is 148 Å². The monoisotopic (exact) mass is 345 g/mol. The molecule has 1 heterocycles. The number of ether oxygens (including phenoxy) is 1. The van der Waals surface area contributed by atoms with E-state index in [4.69, 9.17) is 15.7 Å². The average Bonchev–Trinajstić information content (AvgIpc) is 2.97. The van der Waals surface area contributed by atoms with Gasteiger partial charge in [0.25, 0.3) is 0 Å². The molecule has 1 amide bonds. The number of hydrogen-bond acceptors (Lipinski definition) is 4. The molecule has 2 rings (SSSR count). The van der Waals surface area contributed by atoms with E-state index in [0.29, 0.717) is 18.0 Å². The second kappa shape index (κ2) is 7.59. The van der Waals surface area contributed by atoms with Crippen LogP contribution in [-0.2, 0) is 4.74 Å². The first-order chi connectivity index (χ1) is 11.7. The van der Waals surface area contributed by atoms with Crippen molar-refractivity contribution in [3.8, 4) is 0 Å². The second-order valence-corrected chi connectivity index (χ2v) is 7.38. The Morgan fingerprint density at radius 1 is 1.44 bits per heavy atom. The highest BCUT2D eigenvalue weighted by atomic mass is 16.6. The van der Waals surface area contributed by atoms with Gasteiger partial charge >= 0.3 is 6.09 Å². The molecule has 1 aromatic carbocycles. The van der Waals surface area contributed by atoms with Gasteiger partial charge in [-0.3, -0.25) is 0 Å². The zero-order valence-electron chi connectivity index (χ0n) is 15.1. The Bertz CT molecular complexity index is 647. The summed E-state index contributed by atoms with van der Waals surface area (Å²) in [5.74, 6) is 0.422. The van der Waals surface area contributed by atoms with Crippen LogP contribution in [0.5, 0.6) is 0 Å². The Kier molecular flexibility index (Phi) is 5.72. The van der Waals surface area contributed by atoms with E-state index in [9.17, 15) is 4.79 Å². The third-order valence-electron chi connectivity index (χ3n) is 4.21. The molecule has 1 aliphatic heterocycles. The lowest BCUT2D eigenvalue weighted by Gasteiger charge is -2.29. The van der Waals surface area contributed by atoms with Gasteiger partial charge in [0.1, 0.15) is 5.60 Å². The minimum absolute atomic E-state index is 0.0545. The fraction of sp³-hybridized carbons (Fsp3) is 0.474. The lowest BCUT2D eigenvalue weighted by Crippen LogP contribution is -2.36. The predicted octanol–water partition coefficient (Wildman–Crippen LogP) is 3.66. The molecule has 0 radical (unpaired) electrons. The minimum Gasteiger partial charge on any atom is -0.444 e. The normalized spacial score (nSPS) is 21.2. The van der Waals surface area contributed by atoms with Crippen LogP contribution in [0.2, 0.25) is 0 Å². The van der Waals surface area contributed by atoms with E-state index in [1.807, 2.05) is 39.0 Å². The van der Waals surface area contributed by atoms with Crippen LogP contribution < -0.4 is 5.73 Å². The number of nitrogens with two attached hydrogens (primary N) is 1. The van der Waals surface area contributed by atoms with Gasteiger partial charge in [0, 0.05) is 12.1 Å². The summed E-state index contributed by atoms with van der Waals surface area (Å²) < 4.78 is 5.57. The van der Waals surface area contributed by atoms with Gasteiger partial charge in [-0.25, -0.2) is 4.79 Å². The van der Waals surface area contributed by atoms with E-state index in [1.54, 1.807) is 17.0 Å². The molecule has 1 aliphatic rings. The summed E-state index contributed by atoms with van der Waals surface area (Å²) in [6.07, 6.45) is 3.30. The molecule has 0 bridgehead atoms. The molecule has 0 unspecified atom stereocenters. The van der Waals surface area contributed by atoms with Gasteiger partial charge in [-0.1, -0.05) is 35.5 Å². The SMILES string of the molecule is C=CC[C@H]1C[C@H](c2ccc(C(N)=NO)cc2)N(C(=O)OC(C)(C)C)C1. The van der Waals surface area contributed by atoms with E-state index < -0.39 is 5.60 Å². The minimum atomic E-state index is -0.534. The quantitative estimate of drug-likeness (QED) is 0.287. The van der Waals surface area contributed by atoms with Crippen LogP contribution in [0.25, 0.3) is 0 Å². The Morgan fingerprint density at radius 3 is 2.60 bits per heavy atom. The van der Waals surface area contributed by atoms with Gasteiger partial charge in [-0.05, 0) is 45.1 Å². The Hall–Kier alpha value is -2.50. The molecule has 2 atom stereocenters. The van der Waals surface area contributed by atoms with Gasteiger partial charge < -0.3 is 20.6 Å². The number of rotatable bonds is 4. The number of carbonyl (C=O) groups excluding carboxylic acids is 1. The number of hydrogen-bond donors (Lipinski definition) is 2. The molecule has 0 spiro atoms. The fourth-order valence-electron chi connectivity index (χ4n) is 3.10. The number of amides is 1. The van der Waals surface area contributed by atoms with E-state index in [0.717, 1.165) is 18.4 Å². The van der Waals surface area contributed by atoms with Gasteiger partial charge in [0.05, 0.1) is 6.04 Å². The number of benzene rings is 1. The summed E-state index contributed by atoms with van der Waals surface area (Å²) >= 11 is 0. The number of oxime groups is 1. The first-order valence-corrected chi connectivity index (χ1v) is 8.43. The lowest BCUT2D eigenvalue weighted by atomic mass is 9.97. The number of allylic oxidation sites excluding steroid dienone is 1. The third-order valence-corrected chi connectivity index (χ3v) is 4.21. The van der Waals surface area contributed by atoms with Crippen LogP contribution in [0.4, 0.5) is 4.79 Å². The second-order valence-electron chi connectivity index (χ2n) is 7.38. The maximum atomic E-state index is 12.6. The fourth-order valence-corrected chi connectivity index (χ4v) is 3.10. The highest BCUT2D eigenvalue weighted by Crippen LogP contribution is 2.38. The number of amidine groups is 1. The molecular weight excluding hydrogens is 318 g/mol. The summed E-state index contributed by atoms with van der Waals surface area (Å²) in [7, 11) is 0. The van der Waals surface area contributed by atoms with Crippen molar-refractivity contribution in [2.45, 2.75) is 45.3 Å². The molecule has 0 saturated carbocycles. The third kappa shape index (κ3) is 4.75. The summed E-state index contributed by atoms with van der Waals surface area (Å²) in [5.41, 5.74) is 6.72. The zero-order chi connectivity index (χ0) is 18.6. The van der Waals surface area contributed by atoms with Crippen LogP contribution in [0, 0.1) is 5.92 Å². The van der Waals surface area contributed by atoms with Crippen LogP contribution in [-0.4, -0.2) is 34.2 Å². The summed E-state index contributed by atoms with van der Waals surface area (Å²) in [6.45, 7) is 10.0.